The van der Waals surface area contributed by atoms with Crippen LogP contribution in [0.3, 0.4) is 0 Å². The standard InChI is InChI=1S/C21H26FN3O5S/c1-14(2)29-21(26)25-10-7-16(8-11-25)30-20-12-15(6-9-23-20)24-19-5-4-17(13-18(19)22)31(3,27)28/h4-6,9,12-14,16H,7-8,10-11H2,1-3H3,(H,23,24). The summed E-state index contributed by atoms with van der Waals surface area (Å²) in [7, 11) is -3.48. The molecule has 0 saturated carbocycles. The second-order valence-electron chi connectivity index (χ2n) is 7.66. The van der Waals surface area contributed by atoms with E-state index in [-0.39, 0.29) is 28.9 Å². The van der Waals surface area contributed by atoms with E-state index in [0.29, 0.717) is 37.5 Å². The Morgan fingerprint density at radius 2 is 1.94 bits per heavy atom. The molecule has 10 heteroatoms. The lowest BCUT2D eigenvalue weighted by Gasteiger charge is -2.31. The van der Waals surface area contributed by atoms with E-state index in [1.54, 1.807) is 17.0 Å². The van der Waals surface area contributed by atoms with E-state index in [1.165, 1.54) is 18.3 Å². The fourth-order valence-corrected chi connectivity index (χ4v) is 3.77. The number of sulfone groups is 1. The van der Waals surface area contributed by atoms with Crippen LogP contribution >= 0.6 is 0 Å². The highest BCUT2D eigenvalue weighted by atomic mass is 32.2. The van der Waals surface area contributed by atoms with Crippen molar-refractivity contribution < 1.29 is 27.1 Å². The van der Waals surface area contributed by atoms with Gasteiger partial charge in [-0.15, -0.1) is 0 Å². The van der Waals surface area contributed by atoms with Crippen molar-refractivity contribution in [3.63, 3.8) is 0 Å². The largest absolute Gasteiger partial charge is 0.474 e. The molecule has 168 valence electrons. The SMILES string of the molecule is CC(C)OC(=O)N1CCC(Oc2cc(Nc3ccc(S(C)(=O)=O)cc3F)ccn2)CC1. The van der Waals surface area contributed by atoms with Crippen LogP contribution in [0.25, 0.3) is 0 Å². The van der Waals surface area contributed by atoms with Crippen LogP contribution in [0.5, 0.6) is 5.88 Å². The summed E-state index contributed by atoms with van der Waals surface area (Å²) in [6.07, 6.45) is 3.28. The molecule has 2 heterocycles. The minimum atomic E-state index is -3.48. The zero-order valence-corrected chi connectivity index (χ0v) is 18.5. The molecule has 3 rings (SSSR count). The number of halogens is 1. The first-order chi connectivity index (χ1) is 14.6. The summed E-state index contributed by atoms with van der Waals surface area (Å²) in [5.74, 6) is -0.302. The number of hydrogen-bond donors (Lipinski definition) is 1. The van der Waals surface area contributed by atoms with Crippen LogP contribution in [0.1, 0.15) is 26.7 Å². The van der Waals surface area contributed by atoms with Crippen LogP contribution in [0.4, 0.5) is 20.6 Å². The predicted molar refractivity (Wildman–Crippen MR) is 114 cm³/mol. The molecule has 8 nitrogen and oxygen atoms in total. The third kappa shape index (κ3) is 6.30. The predicted octanol–water partition coefficient (Wildman–Crippen LogP) is 3.76. The molecule has 1 aromatic carbocycles. The van der Waals surface area contributed by atoms with Gasteiger partial charge in [-0.1, -0.05) is 0 Å². The number of nitrogens with zero attached hydrogens (tertiary/aromatic N) is 2. The van der Waals surface area contributed by atoms with Crippen LogP contribution in [0.15, 0.2) is 41.4 Å². The Morgan fingerprint density at radius 1 is 1.23 bits per heavy atom. The van der Waals surface area contributed by atoms with Crippen molar-refractivity contribution in [3.8, 4) is 5.88 Å². The number of piperidine rings is 1. The average molecular weight is 452 g/mol. The Bertz CT molecular complexity index is 1040. The summed E-state index contributed by atoms with van der Waals surface area (Å²) >= 11 is 0. The van der Waals surface area contributed by atoms with Crippen LogP contribution in [0, 0.1) is 5.82 Å². The molecule has 0 atom stereocenters. The quantitative estimate of drug-likeness (QED) is 0.714. The molecule has 31 heavy (non-hydrogen) atoms. The minimum absolute atomic E-state index is 0.0853. The maximum atomic E-state index is 14.3. The molecule has 1 saturated heterocycles. The van der Waals surface area contributed by atoms with Gasteiger partial charge in [0.05, 0.1) is 16.7 Å². The molecule has 1 amide bonds. The third-order valence-electron chi connectivity index (χ3n) is 4.71. The lowest BCUT2D eigenvalue weighted by molar-refractivity contribution is 0.0507. The highest BCUT2D eigenvalue weighted by molar-refractivity contribution is 7.90. The third-order valence-corrected chi connectivity index (χ3v) is 5.82. The fraction of sp³-hybridized carbons (Fsp3) is 0.429. The summed E-state index contributed by atoms with van der Waals surface area (Å²) in [6.45, 7) is 4.69. The van der Waals surface area contributed by atoms with E-state index in [9.17, 15) is 17.6 Å². The summed E-state index contributed by atoms with van der Waals surface area (Å²) < 4.78 is 48.6. The Labute approximate surface area is 181 Å². The second-order valence-corrected chi connectivity index (χ2v) is 9.67. The van der Waals surface area contributed by atoms with E-state index in [4.69, 9.17) is 9.47 Å². The Morgan fingerprint density at radius 3 is 2.55 bits per heavy atom. The summed E-state index contributed by atoms with van der Waals surface area (Å²) in [6, 6.07) is 7.00. The van der Waals surface area contributed by atoms with Gasteiger partial charge >= 0.3 is 6.09 Å². The lowest BCUT2D eigenvalue weighted by Crippen LogP contribution is -2.42. The summed E-state index contributed by atoms with van der Waals surface area (Å²) in [4.78, 5) is 17.7. The van der Waals surface area contributed by atoms with Gasteiger partial charge in [0.15, 0.2) is 9.84 Å². The molecular weight excluding hydrogens is 425 g/mol. The van der Waals surface area contributed by atoms with Crippen molar-refractivity contribution in [2.75, 3.05) is 24.7 Å². The normalized spacial score (nSPS) is 15.1. The molecule has 0 bridgehead atoms. The number of benzene rings is 1. The summed E-state index contributed by atoms with van der Waals surface area (Å²) in [5, 5.41) is 2.91. The number of anilines is 2. The first kappa shape index (κ1) is 22.8. The van der Waals surface area contributed by atoms with Crippen molar-refractivity contribution in [1.82, 2.24) is 9.88 Å². The average Bonchev–Trinajstić information content (AvgIpc) is 2.69. The van der Waals surface area contributed by atoms with E-state index in [2.05, 4.69) is 10.3 Å². The van der Waals surface area contributed by atoms with Crippen molar-refractivity contribution in [1.29, 1.82) is 0 Å². The molecule has 1 N–H and O–H groups in total. The fourth-order valence-electron chi connectivity index (χ4n) is 3.14. The Balaban J connectivity index is 1.60. The van der Waals surface area contributed by atoms with Crippen molar-refractivity contribution in [3.05, 3.63) is 42.3 Å². The molecule has 2 aromatic rings. The molecule has 0 radical (unpaired) electrons. The highest BCUT2D eigenvalue weighted by Gasteiger charge is 2.25. The number of ether oxygens (including phenoxy) is 2. The molecule has 0 aliphatic carbocycles. The number of rotatable bonds is 6. The smallest absolute Gasteiger partial charge is 0.410 e. The van der Waals surface area contributed by atoms with Gasteiger partial charge in [-0.05, 0) is 38.1 Å². The van der Waals surface area contributed by atoms with E-state index in [0.717, 1.165) is 12.3 Å². The van der Waals surface area contributed by atoms with E-state index >= 15 is 0 Å². The molecule has 0 spiro atoms. The number of carbonyl (C=O) groups is 1. The van der Waals surface area contributed by atoms with Crippen molar-refractivity contribution >= 4 is 27.3 Å². The van der Waals surface area contributed by atoms with E-state index in [1.807, 2.05) is 13.8 Å². The molecule has 1 aliphatic rings. The van der Waals surface area contributed by atoms with Crippen LogP contribution in [-0.4, -0.2) is 55.9 Å². The number of hydrogen-bond acceptors (Lipinski definition) is 7. The lowest BCUT2D eigenvalue weighted by atomic mass is 10.1. The first-order valence-electron chi connectivity index (χ1n) is 9.96. The van der Waals surface area contributed by atoms with Crippen LogP contribution in [0.2, 0.25) is 0 Å². The molecule has 1 aliphatic heterocycles. The van der Waals surface area contributed by atoms with E-state index < -0.39 is 15.7 Å². The number of nitrogens with one attached hydrogen (secondary N) is 1. The Hall–Kier alpha value is -2.88. The van der Waals surface area contributed by atoms with Crippen molar-refractivity contribution in [2.45, 2.75) is 43.8 Å². The van der Waals surface area contributed by atoms with Gasteiger partial charge in [-0.3, -0.25) is 0 Å². The van der Waals surface area contributed by atoms with Crippen LogP contribution < -0.4 is 10.1 Å². The monoisotopic (exact) mass is 451 g/mol. The molecular formula is C21H26FN3O5S. The number of likely N-dealkylation sites (tertiary alicyclic amines) is 1. The number of carbonyl (C=O) groups excluding carboxylic acids is 1. The minimum Gasteiger partial charge on any atom is -0.474 e. The molecule has 1 fully saturated rings. The van der Waals surface area contributed by atoms with Gasteiger partial charge in [0, 0.05) is 50.1 Å². The number of aromatic nitrogens is 1. The molecule has 1 aromatic heterocycles. The van der Waals surface area contributed by atoms with Crippen LogP contribution in [-0.2, 0) is 14.6 Å². The number of pyridine rings is 1. The maximum absolute atomic E-state index is 14.3. The zero-order chi connectivity index (χ0) is 22.6. The number of amides is 1. The summed E-state index contributed by atoms with van der Waals surface area (Å²) in [5.41, 5.74) is 0.690. The first-order valence-corrected chi connectivity index (χ1v) is 11.9. The molecule has 0 unspecified atom stereocenters. The Kier molecular flexibility index (Phi) is 6.99. The van der Waals surface area contributed by atoms with Gasteiger partial charge < -0.3 is 19.7 Å². The maximum Gasteiger partial charge on any atom is 0.410 e. The zero-order valence-electron chi connectivity index (χ0n) is 17.7. The van der Waals surface area contributed by atoms with Gasteiger partial charge in [-0.2, -0.15) is 0 Å². The highest BCUT2D eigenvalue weighted by Crippen LogP contribution is 2.25. The van der Waals surface area contributed by atoms with Gasteiger partial charge in [-0.25, -0.2) is 22.6 Å². The van der Waals surface area contributed by atoms with Gasteiger partial charge in [0.25, 0.3) is 0 Å². The topological polar surface area (TPSA) is 97.8 Å². The second kappa shape index (κ2) is 9.51. The van der Waals surface area contributed by atoms with Crippen molar-refractivity contribution in [2.24, 2.45) is 0 Å². The van der Waals surface area contributed by atoms with Gasteiger partial charge in [0.2, 0.25) is 5.88 Å². The van der Waals surface area contributed by atoms with Gasteiger partial charge in [0.1, 0.15) is 11.9 Å².